The van der Waals surface area contributed by atoms with Crippen LogP contribution in [0.3, 0.4) is 0 Å². The number of nitriles is 1. The van der Waals surface area contributed by atoms with E-state index in [1.807, 2.05) is 38.1 Å². The molecule has 5 rings (SSSR count). The summed E-state index contributed by atoms with van der Waals surface area (Å²) in [4.78, 5) is 13.9. The highest BCUT2D eigenvalue weighted by molar-refractivity contribution is 6.75. The summed E-state index contributed by atoms with van der Waals surface area (Å²) < 4.78 is 0. The maximum absolute atomic E-state index is 10.8. The summed E-state index contributed by atoms with van der Waals surface area (Å²) in [5.74, 6) is 5.80. The first kappa shape index (κ1) is 21.0. The minimum atomic E-state index is -0.587. The lowest BCUT2D eigenvalue weighted by molar-refractivity contribution is -0.0501. The standard InChI is InChI=1S/C24H29BN6O/c1-14-7-16-9-17(12-24(3,32)11-16)22(14)30-23-18-5-4-6-27-19(18)10-20(29-23)28-21-8-15(2)25(13-26)31-21/h4-6,8,10,14,16-17,22,32H,7,9,11-12H2,1-3H3,(H2,28,29,30,31). The summed E-state index contributed by atoms with van der Waals surface area (Å²) >= 11 is 0. The molecule has 2 aliphatic carbocycles. The largest absolute Gasteiger partial charge is 0.426 e. The van der Waals surface area contributed by atoms with Gasteiger partial charge in [0.15, 0.2) is 0 Å². The molecule has 2 aromatic rings. The molecule has 7 nitrogen and oxygen atoms in total. The number of rotatable bonds is 3. The van der Waals surface area contributed by atoms with Crippen molar-refractivity contribution in [3.8, 4) is 5.97 Å². The predicted octanol–water partition coefficient (Wildman–Crippen LogP) is 3.98. The van der Waals surface area contributed by atoms with Crippen molar-refractivity contribution in [2.24, 2.45) is 22.7 Å². The van der Waals surface area contributed by atoms with Crippen molar-refractivity contribution in [2.45, 2.75) is 58.1 Å². The number of aliphatic hydroxyl groups is 1. The molecule has 0 spiro atoms. The molecule has 2 aromatic heterocycles. The van der Waals surface area contributed by atoms with E-state index in [9.17, 15) is 10.4 Å². The average Bonchev–Trinajstić information content (AvgIpc) is 3.08. The summed E-state index contributed by atoms with van der Waals surface area (Å²) in [6.07, 6.45) is 7.67. The van der Waals surface area contributed by atoms with E-state index in [4.69, 9.17) is 4.98 Å². The quantitative estimate of drug-likeness (QED) is 0.639. The number of pyridine rings is 2. The third kappa shape index (κ3) is 3.98. The Labute approximate surface area is 189 Å². The van der Waals surface area contributed by atoms with E-state index < -0.39 is 12.4 Å². The first-order valence-corrected chi connectivity index (χ1v) is 11.5. The SMILES string of the molecule is CC1=CC(Nc2cc3ncccc3c(NC3C(C)CC4CC3CC(C)(O)C4)n2)=NB1C#N. The highest BCUT2D eigenvalue weighted by Gasteiger charge is 2.45. The number of anilines is 2. The number of nitrogens with one attached hydrogen (secondary N) is 2. The molecule has 0 amide bonds. The van der Waals surface area contributed by atoms with Crippen LogP contribution in [0, 0.1) is 29.0 Å². The molecule has 2 bridgehead atoms. The minimum Gasteiger partial charge on any atom is -0.390 e. The van der Waals surface area contributed by atoms with Gasteiger partial charge in [-0.05, 0) is 75.5 Å². The Morgan fingerprint density at radius 1 is 1.31 bits per heavy atom. The first-order chi connectivity index (χ1) is 15.3. The fourth-order valence-electron chi connectivity index (χ4n) is 6.03. The van der Waals surface area contributed by atoms with Crippen LogP contribution >= 0.6 is 0 Å². The highest BCUT2D eigenvalue weighted by Crippen LogP contribution is 2.47. The monoisotopic (exact) mass is 428 g/mol. The molecule has 3 aliphatic rings. The Bertz CT molecular complexity index is 1150. The van der Waals surface area contributed by atoms with Crippen LogP contribution in [0.4, 0.5) is 11.6 Å². The molecule has 8 heteroatoms. The van der Waals surface area contributed by atoms with E-state index in [1.165, 1.54) is 0 Å². The van der Waals surface area contributed by atoms with Gasteiger partial charge in [-0.2, -0.15) is 0 Å². The number of fused-ring (bicyclic) bond motifs is 3. The van der Waals surface area contributed by atoms with Gasteiger partial charge in [0.2, 0.25) is 0 Å². The second kappa shape index (κ2) is 7.89. The van der Waals surface area contributed by atoms with Gasteiger partial charge in [0, 0.05) is 29.7 Å². The van der Waals surface area contributed by atoms with Gasteiger partial charge in [-0.15, -0.1) is 0 Å². The minimum absolute atomic E-state index is 0.248. The highest BCUT2D eigenvalue weighted by atomic mass is 16.3. The van der Waals surface area contributed by atoms with Crippen LogP contribution in [0.5, 0.6) is 0 Å². The van der Waals surface area contributed by atoms with Gasteiger partial charge in [-0.25, -0.2) is 10.2 Å². The van der Waals surface area contributed by atoms with Crippen LogP contribution in [0.25, 0.3) is 10.9 Å². The topological polar surface area (TPSA) is 106 Å². The van der Waals surface area contributed by atoms with Crippen LogP contribution in [0.1, 0.15) is 46.5 Å². The summed E-state index contributed by atoms with van der Waals surface area (Å²) in [6.45, 7) is 5.75. The van der Waals surface area contributed by atoms with Gasteiger partial charge in [0.25, 0.3) is 0 Å². The van der Waals surface area contributed by atoms with Crippen molar-refractivity contribution in [2.75, 3.05) is 10.6 Å². The summed E-state index contributed by atoms with van der Waals surface area (Å²) in [5.41, 5.74) is 1.18. The van der Waals surface area contributed by atoms with Gasteiger partial charge in [0.05, 0.1) is 11.1 Å². The zero-order valence-electron chi connectivity index (χ0n) is 18.8. The van der Waals surface area contributed by atoms with E-state index in [0.29, 0.717) is 29.4 Å². The maximum atomic E-state index is 10.8. The second-order valence-electron chi connectivity index (χ2n) is 10.1. The Kier molecular flexibility index (Phi) is 5.17. The predicted molar refractivity (Wildman–Crippen MR) is 128 cm³/mol. The van der Waals surface area contributed by atoms with E-state index in [2.05, 4.69) is 33.4 Å². The van der Waals surface area contributed by atoms with Crippen LogP contribution in [0.2, 0.25) is 0 Å². The molecule has 0 aromatic carbocycles. The van der Waals surface area contributed by atoms with Crippen LogP contribution < -0.4 is 10.6 Å². The molecule has 3 N–H and O–H groups in total. The normalized spacial score (nSPS) is 31.7. The molecular weight excluding hydrogens is 399 g/mol. The van der Waals surface area contributed by atoms with Crippen LogP contribution in [-0.2, 0) is 0 Å². The number of amidine groups is 1. The fourth-order valence-corrected chi connectivity index (χ4v) is 6.03. The van der Waals surface area contributed by atoms with Gasteiger partial charge < -0.3 is 20.6 Å². The number of aromatic nitrogens is 2. The van der Waals surface area contributed by atoms with Gasteiger partial charge in [0.1, 0.15) is 17.5 Å². The van der Waals surface area contributed by atoms with Crippen molar-refractivity contribution in [1.29, 1.82) is 5.26 Å². The van der Waals surface area contributed by atoms with Crippen LogP contribution in [-0.4, -0.2) is 39.4 Å². The molecule has 5 unspecified atom stereocenters. The number of hydrogen-bond donors (Lipinski definition) is 3. The number of nitrogens with zero attached hydrogens (tertiary/aromatic N) is 4. The zero-order chi connectivity index (χ0) is 22.5. The Morgan fingerprint density at radius 2 is 2.16 bits per heavy atom. The number of hydrogen-bond acceptors (Lipinski definition) is 7. The Balaban J connectivity index is 1.46. The Hall–Kier alpha value is -2.92. The molecule has 2 fully saturated rings. The summed E-state index contributed by atoms with van der Waals surface area (Å²) in [7, 11) is 0. The van der Waals surface area contributed by atoms with Crippen molar-refractivity contribution in [3.63, 3.8) is 0 Å². The molecule has 2 saturated carbocycles. The second-order valence-corrected chi connectivity index (χ2v) is 10.1. The smallest absolute Gasteiger partial charge is 0.390 e. The molecule has 5 atom stereocenters. The van der Waals surface area contributed by atoms with E-state index in [1.54, 1.807) is 6.20 Å². The van der Waals surface area contributed by atoms with Crippen LogP contribution in [0.15, 0.2) is 40.8 Å². The molecular formula is C24H29BN6O. The average molecular weight is 428 g/mol. The summed E-state index contributed by atoms with van der Waals surface area (Å²) in [5, 5.41) is 28.0. The Morgan fingerprint density at radius 3 is 2.94 bits per heavy atom. The van der Waals surface area contributed by atoms with E-state index in [0.717, 1.165) is 47.9 Å². The van der Waals surface area contributed by atoms with Crippen molar-refractivity contribution in [3.05, 3.63) is 35.9 Å². The lowest BCUT2D eigenvalue weighted by atomic mass is 9.60. The summed E-state index contributed by atoms with van der Waals surface area (Å²) in [6, 6.07) is 6.13. The van der Waals surface area contributed by atoms with Crippen molar-refractivity contribution >= 4 is 35.2 Å². The zero-order valence-corrected chi connectivity index (χ0v) is 18.8. The van der Waals surface area contributed by atoms with Crippen molar-refractivity contribution in [1.82, 2.24) is 9.97 Å². The third-order valence-electron chi connectivity index (χ3n) is 7.24. The number of allylic oxidation sites excluding steroid dienone is 1. The molecule has 0 saturated heterocycles. The first-order valence-electron chi connectivity index (χ1n) is 11.5. The molecule has 164 valence electrons. The maximum Gasteiger partial charge on any atom is 0.426 e. The van der Waals surface area contributed by atoms with Gasteiger partial charge in [-0.1, -0.05) is 12.4 Å². The molecule has 0 radical (unpaired) electrons. The fraction of sp³-hybridized carbons (Fsp3) is 0.500. The van der Waals surface area contributed by atoms with Crippen molar-refractivity contribution < 1.29 is 5.11 Å². The van der Waals surface area contributed by atoms with E-state index >= 15 is 0 Å². The lowest BCUT2D eigenvalue weighted by Crippen LogP contribution is -2.50. The molecule has 1 aliphatic heterocycles. The van der Waals surface area contributed by atoms with Gasteiger partial charge in [-0.3, -0.25) is 4.98 Å². The third-order valence-corrected chi connectivity index (χ3v) is 7.24. The molecule has 3 heterocycles. The van der Waals surface area contributed by atoms with Gasteiger partial charge >= 0.3 is 6.85 Å². The molecule has 32 heavy (non-hydrogen) atoms. The lowest BCUT2D eigenvalue weighted by Gasteiger charge is -2.49. The van der Waals surface area contributed by atoms with E-state index in [-0.39, 0.29) is 6.04 Å².